The summed E-state index contributed by atoms with van der Waals surface area (Å²) in [5.74, 6) is 0. The fourth-order valence-corrected chi connectivity index (χ4v) is 2.59. The van der Waals surface area contributed by atoms with E-state index in [9.17, 15) is 4.79 Å². The Bertz CT molecular complexity index is 718. The molecule has 4 heteroatoms. The lowest BCUT2D eigenvalue weighted by atomic mass is 10.0. The maximum atomic E-state index is 12.7. The van der Waals surface area contributed by atoms with E-state index in [4.69, 9.17) is 10.5 Å². The van der Waals surface area contributed by atoms with E-state index in [1.165, 1.54) is 5.56 Å². The normalized spacial score (nSPS) is 12.4. The van der Waals surface area contributed by atoms with Gasteiger partial charge in [-0.1, -0.05) is 17.7 Å². The number of hydrogen-bond acceptors (Lipinski definition) is 3. The van der Waals surface area contributed by atoms with Crippen LogP contribution >= 0.6 is 0 Å². The molecule has 0 aliphatic carbocycles. The van der Waals surface area contributed by atoms with E-state index in [1.807, 2.05) is 19.1 Å². The maximum Gasteiger partial charge on any atom is 0.255 e. The van der Waals surface area contributed by atoms with Gasteiger partial charge in [0.15, 0.2) is 0 Å². The fraction of sp³-hybridized carbons (Fsp3) is 0.389. The molecule has 0 saturated heterocycles. The zero-order valence-electron chi connectivity index (χ0n) is 13.7. The molecule has 4 nitrogen and oxygen atoms in total. The first-order chi connectivity index (χ1) is 10.5. The van der Waals surface area contributed by atoms with Crippen LogP contribution in [0.3, 0.4) is 0 Å². The minimum Gasteiger partial charge on any atom is -0.383 e. The van der Waals surface area contributed by atoms with Crippen molar-refractivity contribution in [1.82, 2.24) is 4.57 Å². The van der Waals surface area contributed by atoms with Gasteiger partial charge in [-0.2, -0.15) is 0 Å². The molecule has 1 unspecified atom stereocenters. The van der Waals surface area contributed by atoms with Gasteiger partial charge in [-0.3, -0.25) is 4.79 Å². The van der Waals surface area contributed by atoms with Gasteiger partial charge in [-0.25, -0.2) is 0 Å². The van der Waals surface area contributed by atoms with Crippen molar-refractivity contribution in [3.8, 4) is 11.3 Å². The van der Waals surface area contributed by atoms with Crippen molar-refractivity contribution in [3.05, 3.63) is 57.4 Å². The number of pyridine rings is 1. The maximum absolute atomic E-state index is 12.7. The first kappa shape index (κ1) is 16.5. The Kier molecular flexibility index (Phi) is 5.16. The van der Waals surface area contributed by atoms with E-state index in [1.54, 1.807) is 11.7 Å². The molecule has 0 fully saturated rings. The SMILES string of the molecule is COCCn1c(-c2cc(C)ccc2C)ccc(C(C)N)c1=O. The van der Waals surface area contributed by atoms with Crippen molar-refractivity contribution in [1.29, 1.82) is 0 Å². The number of ether oxygens (including phenoxy) is 1. The summed E-state index contributed by atoms with van der Waals surface area (Å²) in [4.78, 5) is 12.7. The fourth-order valence-electron chi connectivity index (χ4n) is 2.59. The van der Waals surface area contributed by atoms with Gasteiger partial charge < -0.3 is 15.0 Å². The van der Waals surface area contributed by atoms with Crippen molar-refractivity contribution in [2.75, 3.05) is 13.7 Å². The number of aromatic nitrogens is 1. The second-order valence-corrected chi connectivity index (χ2v) is 5.73. The van der Waals surface area contributed by atoms with Gasteiger partial charge in [0, 0.05) is 30.8 Å². The number of nitrogens with two attached hydrogens (primary N) is 1. The molecule has 2 rings (SSSR count). The summed E-state index contributed by atoms with van der Waals surface area (Å²) in [5.41, 5.74) is 10.8. The molecule has 118 valence electrons. The van der Waals surface area contributed by atoms with Gasteiger partial charge in [0.2, 0.25) is 0 Å². The summed E-state index contributed by atoms with van der Waals surface area (Å²) in [5, 5.41) is 0. The Hall–Kier alpha value is -1.91. The Morgan fingerprint density at radius 2 is 1.95 bits per heavy atom. The summed E-state index contributed by atoms with van der Waals surface area (Å²) in [6.45, 7) is 6.93. The third-order valence-corrected chi connectivity index (χ3v) is 3.88. The topological polar surface area (TPSA) is 57.2 Å². The number of rotatable bonds is 5. The third kappa shape index (κ3) is 3.29. The van der Waals surface area contributed by atoms with Crippen molar-refractivity contribution >= 4 is 0 Å². The highest BCUT2D eigenvalue weighted by atomic mass is 16.5. The van der Waals surface area contributed by atoms with Crippen molar-refractivity contribution in [2.24, 2.45) is 5.73 Å². The minimum atomic E-state index is -0.283. The average Bonchev–Trinajstić information content (AvgIpc) is 2.48. The van der Waals surface area contributed by atoms with Crippen LogP contribution in [0.25, 0.3) is 11.3 Å². The first-order valence-corrected chi connectivity index (χ1v) is 7.51. The molecule has 0 spiro atoms. The van der Waals surface area contributed by atoms with Crippen LogP contribution in [0.5, 0.6) is 0 Å². The van der Waals surface area contributed by atoms with Crippen LogP contribution in [0.4, 0.5) is 0 Å². The number of nitrogens with zero attached hydrogens (tertiary/aromatic N) is 1. The number of aryl methyl sites for hydroxylation is 2. The summed E-state index contributed by atoms with van der Waals surface area (Å²) in [6.07, 6.45) is 0. The van der Waals surface area contributed by atoms with Crippen LogP contribution < -0.4 is 11.3 Å². The van der Waals surface area contributed by atoms with Crippen molar-refractivity contribution in [3.63, 3.8) is 0 Å². The lowest BCUT2D eigenvalue weighted by Gasteiger charge is -2.17. The molecule has 2 N–H and O–H groups in total. The zero-order valence-corrected chi connectivity index (χ0v) is 13.7. The molecule has 1 aromatic carbocycles. The molecule has 1 heterocycles. The highest BCUT2D eigenvalue weighted by Crippen LogP contribution is 2.24. The van der Waals surface area contributed by atoms with E-state index in [0.29, 0.717) is 18.7 Å². The summed E-state index contributed by atoms with van der Waals surface area (Å²) in [7, 11) is 1.64. The Morgan fingerprint density at radius 1 is 1.23 bits per heavy atom. The molecule has 0 radical (unpaired) electrons. The van der Waals surface area contributed by atoms with Gasteiger partial charge in [0.05, 0.1) is 12.3 Å². The second kappa shape index (κ2) is 6.90. The van der Waals surface area contributed by atoms with Gasteiger partial charge in [-0.15, -0.1) is 0 Å². The highest BCUT2D eigenvalue weighted by Gasteiger charge is 2.14. The molecular weight excluding hydrogens is 276 g/mol. The van der Waals surface area contributed by atoms with E-state index in [-0.39, 0.29) is 11.6 Å². The van der Waals surface area contributed by atoms with E-state index < -0.39 is 0 Å². The Morgan fingerprint density at radius 3 is 2.59 bits per heavy atom. The predicted octanol–water partition coefficient (Wildman–Crippen LogP) is 2.80. The molecule has 2 aromatic rings. The van der Waals surface area contributed by atoms with Crippen molar-refractivity contribution < 1.29 is 4.74 Å². The molecule has 0 aliphatic rings. The highest BCUT2D eigenvalue weighted by molar-refractivity contribution is 5.65. The van der Waals surface area contributed by atoms with Crippen LogP contribution in [0.1, 0.15) is 29.7 Å². The van der Waals surface area contributed by atoms with Gasteiger partial charge in [-0.05, 0) is 44.5 Å². The van der Waals surface area contributed by atoms with Crippen LogP contribution in [0.2, 0.25) is 0 Å². The molecule has 0 bridgehead atoms. The van der Waals surface area contributed by atoms with Crippen LogP contribution in [-0.2, 0) is 11.3 Å². The zero-order chi connectivity index (χ0) is 16.3. The van der Waals surface area contributed by atoms with Gasteiger partial charge >= 0.3 is 0 Å². The van der Waals surface area contributed by atoms with Crippen LogP contribution in [0, 0.1) is 13.8 Å². The average molecular weight is 300 g/mol. The Balaban J connectivity index is 2.67. The quantitative estimate of drug-likeness (QED) is 0.923. The summed E-state index contributed by atoms with van der Waals surface area (Å²) < 4.78 is 6.92. The standard InChI is InChI=1S/C18H24N2O2/c1-12-5-6-13(2)16(11-12)17-8-7-15(14(3)19)18(21)20(17)9-10-22-4/h5-8,11,14H,9-10,19H2,1-4H3. The lowest BCUT2D eigenvalue weighted by molar-refractivity contribution is 0.186. The van der Waals surface area contributed by atoms with Crippen LogP contribution in [0.15, 0.2) is 35.1 Å². The minimum absolute atomic E-state index is 0.0366. The number of benzene rings is 1. The van der Waals surface area contributed by atoms with E-state index >= 15 is 0 Å². The van der Waals surface area contributed by atoms with Crippen LogP contribution in [-0.4, -0.2) is 18.3 Å². The molecule has 0 amide bonds. The molecule has 0 aliphatic heterocycles. The third-order valence-electron chi connectivity index (χ3n) is 3.88. The first-order valence-electron chi connectivity index (χ1n) is 7.51. The summed E-state index contributed by atoms with van der Waals surface area (Å²) in [6, 6.07) is 9.81. The molecule has 0 saturated carbocycles. The van der Waals surface area contributed by atoms with Crippen molar-refractivity contribution in [2.45, 2.75) is 33.4 Å². The smallest absolute Gasteiger partial charge is 0.255 e. The summed E-state index contributed by atoms with van der Waals surface area (Å²) >= 11 is 0. The number of hydrogen-bond donors (Lipinski definition) is 1. The monoisotopic (exact) mass is 300 g/mol. The van der Waals surface area contributed by atoms with E-state index in [0.717, 1.165) is 16.8 Å². The number of methoxy groups -OCH3 is 1. The van der Waals surface area contributed by atoms with E-state index in [2.05, 4.69) is 32.0 Å². The molecular formula is C18H24N2O2. The van der Waals surface area contributed by atoms with Gasteiger partial charge in [0.25, 0.3) is 5.56 Å². The molecule has 1 aromatic heterocycles. The largest absolute Gasteiger partial charge is 0.383 e. The molecule has 22 heavy (non-hydrogen) atoms. The Labute approximate surface area is 131 Å². The molecule has 1 atom stereocenters. The predicted molar refractivity (Wildman–Crippen MR) is 90.1 cm³/mol. The second-order valence-electron chi connectivity index (χ2n) is 5.73. The van der Waals surface area contributed by atoms with Gasteiger partial charge in [0.1, 0.15) is 0 Å². The lowest BCUT2D eigenvalue weighted by Crippen LogP contribution is -2.29.